The average molecular weight is 390 g/mol. The Bertz CT molecular complexity index is 966. The van der Waals surface area contributed by atoms with E-state index in [2.05, 4.69) is 33.1 Å². The highest BCUT2D eigenvalue weighted by atomic mass is 16.2. The van der Waals surface area contributed by atoms with E-state index >= 15 is 0 Å². The molecular weight excluding hydrogens is 362 g/mol. The Balaban J connectivity index is 1.67. The van der Waals surface area contributed by atoms with Gasteiger partial charge in [-0.3, -0.25) is 4.90 Å². The number of fused-ring (bicyclic) bond motifs is 1. The van der Waals surface area contributed by atoms with E-state index < -0.39 is 0 Å². The van der Waals surface area contributed by atoms with Crippen molar-refractivity contribution in [1.29, 1.82) is 0 Å². The van der Waals surface area contributed by atoms with Crippen LogP contribution in [0.1, 0.15) is 43.4 Å². The van der Waals surface area contributed by atoms with Gasteiger partial charge in [0.05, 0.1) is 6.54 Å². The van der Waals surface area contributed by atoms with E-state index in [4.69, 9.17) is 0 Å². The predicted octanol–water partition coefficient (Wildman–Crippen LogP) is 4.81. The molecule has 1 aliphatic rings. The minimum atomic E-state index is -0.164. The van der Waals surface area contributed by atoms with Crippen molar-refractivity contribution in [3.8, 4) is 0 Å². The van der Waals surface area contributed by atoms with Crippen LogP contribution in [-0.2, 0) is 25.9 Å². The maximum absolute atomic E-state index is 13.3. The van der Waals surface area contributed by atoms with Crippen molar-refractivity contribution in [2.75, 3.05) is 10.2 Å². The Kier molecular flexibility index (Phi) is 5.89. The van der Waals surface area contributed by atoms with Gasteiger partial charge >= 0.3 is 6.03 Å². The Hall–Kier alpha value is -3.15. The first-order valence-electron chi connectivity index (χ1n) is 10.4. The van der Waals surface area contributed by atoms with E-state index in [1.165, 1.54) is 6.42 Å². The summed E-state index contributed by atoms with van der Waals surface area (Å²) in [5.41, 5.74) is 2.82. The summed E-state index contributed by atoms with van der Waals surface area (Å²) in [6.45, 7) is 3.42. The number of hydrogen-bond donors (Lipinski definition) is 1. The number of nitrogens with one attached hydrogen (secondary N) is 1. The third-order valence-electron chi connectivity index (χ3n) is 5.42. The molecule has 4 rings (SSSR count). The number of para-hydroxylation sites is 2. The van der Waals surface area contributed by atoms with E-state index in [1.807, 2.05) is 48.5 Å². The lowest BCUT2D eigenvalue weighted by Crippen LogP contribution is -2.36. The summed E-state index contributed by atoms with van der Waals surface area (Å²) in [6.07, 6.45) is 5.28. The molecule has 3 aromatic rings. The van der Waals surface area contributed by atoms with Gasteiger partial charge in [0, 0.05) is 24.3 Å². The molecule has 2 aromatic carbocycles. The van der Waals surface area contributed by atoms with Crippen LogP contribution >= 0.6 is 0 Å². The Morgan fingerprint density at radius 1 is 1.03 bits per heavy atom. The number of carbonyl (C=O) groups is 1. The van der Waals surface area contributed by atoms with Gasteiger partial charge in [0.2, 0.25) is 0 Å². The van der Waals surface area contributed by atoms with Gasteiger partial charge in [-0.2, -0.15) is 0 Å². The van der Waals surface area contributed by atoms with Crippen LogP contribution in [-0.4, -0.2) is 20.8 Å². The molecule has 1 aliphatic heterocycles. The summed E-state index contributed by atoms with van der Waals surface area (Å²) in [7, 11) is 0. The molecule has 6 nitrogen and oxygen atoms in total. The molecule has 0 unspecified atom stereocenters. The molecule has 2 amide bonds. The topological polar surface area (TPSA) is 63.1 Å². The van der Waals surface area contributed by atoms with Crippen LogP contribution in [0, 0.1) is 0 Å². The van der Waals surface area contributed by atoms with Crippen LogP contribution in [0.5, 0.6) is 0 Å². The molecule has 1 aromatic heterocycles. The van der Waals surface area contributed by atoms with E-state index in [0.717, 1.165) is 60.8 Å². The number of anilines is 2. The Morgan fingerprint density at radius 3 is 2.66 bits per heavy atom. The fourth-order valence-corrected chi connectivity index (χ4v) is 3.86. The number of carbonyl (C=O) groups excluding carboxylic acids is 1. The van der Waals surface area contributed by atoms with Gasteiger partial charge in [0.25, 0.3) is 0 Å². The van der Waals surface area contributed by atoms with Crippen LogP contribution in [0.3, 0.4) is 0 Å². The third-order valence-corrected chi connectivity index (χ3v) is 5.42. The van der Waals surface area contributed by atoms with E-state index in [-0.39, 0.29) is 6.03 Å². The van der Waals surface area contributed by atoms with Crippen LogP contribution in [0.2, 0.25) is 0 Å². The van der Waals surface area contributed by atoms with Gasteiger partial charge in [-0.15, -0.1) is 10.2 Å². The van der Waals surface area contributed by atoms with Crippen LogP contribution in [0.25, 0.3) is 0 Å². The number of aromatic nitrogens is 3. The molecule has 0 saturated carbocycles. The standard InChI is InChI=1S/C23H27N5O/c1-2-18-11-8-9-14-20(18)28(23(29)24-19-12-5-3-6-13-19)17-22-26-25-21-15-7-4-10-16-27(21)22/h3,5-6,8-9,11-14H,2,4,7,10,15-17H2,1H3,(H,24,29). The number of benzene rings is 2. The molecule has 0 spiro atoms. The number of amides is 2. The van der Waals surface area contributed by atoms with Crippen molar-refractivity contribution in [1.82, 2.24) is 14.8 Å². The fourth-order valence-electron chi connectivity index (χ4n) is 3.86. The molecule has 0 saturated heterocycles. The van der Waals surface area contributed by atoms with Crippen molar-refractivity contribution in [2.24, 2.45) is 0 Å². The number of aryl methyl sites for hydroxylation is 2. The SMILES string of the molecule is CCc1ccccc1N(Cc1nnc2n1CCCCC2)C(=O)Nc1ccccc1. The molecule has 29 heavy (non-hydrogen) atoms. The van der Waals surface area contributed by atoms with Gasteiger partial charge in [0.15, 0.2) is 5.82 Å². The molecule has 0 aliphatic carbocycles. The minimum Gasteiger partial charge on any atom is -0.313 e. The van der Waals surface area contributed by atoms with E-state index in [9.17, 15) is 4.79 Å². The lowest BCUT2D eigenvalue weighted by Gasteiger charge is -2.25. The summed E-state index contributed by atoms with van der Waals surface area (Å²) in [5, 5.41) is 11.9. The number of rotatable bonds is 5. The number of hydrogen-bond acceptors (Lipinski definition) is 3. The van der Waals surface area contributed by atoms with Gasteiger partial charge < -0.3 is 9.88 Å². The molecule has 0 atom stereocenters. The number of nitrogens with zero attached hydrogens (tertiary/aromatic N) is 4. The van der Waals surface area contributed by atoms with Crippen molar-refractivity contribution in [2.45, 2.75) is 52.1 Å². The fraction of sp³-hybridized carbons (Fsp3) is 0.348. The van der Waals surface area contributed by atoms with E-state index in [1.54, 1.807) is 4.90 Å². The highest BCUT2D eigenvalue weighted by Gasteiger charge is 2.23. The zero-order valence-corrected chi connectivity index (χ0v) is 16.8. The van der Waals surface area contributed by atoms with Crippen LogP contribution in [0.4, 0.5) is 16.2 Å². The van der Waals surface area contributed by atoms with Crippen LogP contribution < -0.4 is 10.2 Å². The smallest absolute Gasteiger partial charge is 0.313 e. The highest BCUT2D eigenvalue weighted by Crippen LogP contribution is 2.25. The second-order valence-electron chi connectivity index (χ2n) is 7.36. The summed E-state index contributed by atoms with van der Waals surface area (Å²) < 4.78 is 2.20. The molecule has 0 bridgehead atoms. The first-order valence-corrected chi connectivity index (χ1v) is 10.4. The Morgan fingerprint density at radius 2 is 1.83 bits per heavy atom. The van der Waals surface area contributed by atoms with Gasteiger partial charge in [-0.1, -0.05) is 49.7 Å². The quantitative estimate of drug-likeness (QED) is 0.681. The van der Waals surface area contributed by atoms with Crippen molar-refractivity contribution in [3.05, 3.63) is 71.8 Å². The third kappa shape index (κ3) is 4.31. The van der Waals surface area contributed by atoms with E-state index in [0.29, 0.717) is 6.54 Å². The first-order chi connectivity index (χ1) is 14.3. The summed E-state index contributed by atoms with van der Waals surface area (Å²) in [4.78, 5) is 15.1. The normalized spacial score (nSPS) is 13.4. The van der Waals surface area contributed by atoms with Gasteiger partial charge in [-0.25, -0.2) is 4.79 Å². The van der Waals surface area contributed by atoms with Crippen molar-refractivity contribution in [3.63, 3.8) is 0 Å². The molecule has 150 valence electrons. The summed E-state index contributed by atoms with van der Waals surface area (Å²) in [6, 6.07) is 17.5. The predicted molar refractivity (Wildman–Crippen MR) is 115 cm³/mol. The highest BCUT2D eigenvalue weighted by molar-refractivity contribution is 6.02. The largest absolute Gasteiger partial charge is 0.326 e. The zero-order chi connectivity index (χ0) is 20.1. The first kappa shape index (κ1) is 19.2. The van der Waals surface area contributed by atoms with Crippen molar-refractivity contribution >= 4 is 17.4 Å². The van der Waals surface area contributed by atoms with Crippen molar-refractivity contribution < 1.29 is 4.79 Å². The molecule has 6 heteroatoms. The molecular formula is C23H27N5O. The average Bonchev–Trinajstić information content (AvgIpc) is 2.98. The minimum absolute atomic E-state index is 0.164. The Labute approximate surface area is 171 Å². The van der Waals surface area contributed by atoms with Gasteiger partial charge in [0.1, 0.15) is 5.82 Å². The lowest BCUT2D eigenvalue weighted by molar-refractivity contribution is 0.256. The monoisotopic (exact) mass is 389 g/mol. The number of urea groups is 1. The molecule has 1 N–H and O–H groups in total. The summed E-state index contributed by atoms with van der Waals surface area (Å²) in [5.74, 6) is 1.88. The lowest BCUT2D eigenvalue weighted by atomic mass is 10.1. The van der Waals surface area contributed by atoms with Crippen LogP contribution in [0.15, 0.2) is 54.6 Å². The molecule has 0 radical (unpaired) electrons. The maximum atomic E-state index is 13.3. The maximum Gasteiger partial charge on any atom is 0.326 e. The molecule has 2 heterocycles. The van der Waals surface area contributed by atoms with Gasteiger partial charge in [-0.05, 0) is 43.0 Å². The summed E-state index contributed by atoms with van der Waals surface area (Å²) >= 11 is 0. The second kappa shape index (κ2) is 8.90. The second-order valence-corrected chi connectivity index (χ2v) is 7.36. The zero-order valence-electron chi connectivity index (χ0n) is 16.8. The molecule has 0 fully saturated rings.